The van der Waals surface area contributed by atoms with Gasteiger partial charge in [-0.15, -0.1) is 0 Å². The second-order valence-corrected chi connectivity index (χ2v) is 15.7. The minimum absolute atomic E-state index is 0.159. The fraction of sp³-hybridized carbons (Fsp3) is 0.543. The molecule has 0 radical (unpaired) electrons. The Morgan fingerprint density at radius 1 is 0.732 bits per heavy atom. The van der Waals surface area contributed by atoms with Gasteiger partial charge in [-0.25, -0.2) is 18.8 Å². The molecule has 0 unspecified atom stereocenters. The molecule has 4 N–H and O–H groups in total. The Balaban J connectivity index is 2.02. The Bertz CT molecular complexity index is 1570. The fourth-order valence-electron chi connectivity index (χ4n) is 7.04. The molecule has 0 aromatic heterocycles. The van der Waals surface area contributed by atoms with E-state index in [0.29, 0.717) is 61.6 Å². The zero-order valence-electron chi connectivity index (χ0n) is 34.3. The summed E-state index contributed by atoms with van der Waals surface area (Å²) in [7, 11) is 0. The smallest absolute Gasteiger partial charge is 0.333 e. The van der Waals surface area contributed by atoms with Gasteiger partial charge < -0.3 is 30.4 Å². The van der Waals surface area contributed by atoms with E-state index in [-0.39, 0.29) is 49.0 Å². The average Bonchev–Trinajstić information content (AvgIpc) is 3.18. The van der Waals surface area contributed by atoms with Crippen LogP contribution in [0.4, 0.5) is 4.39 Å². The standard InChI is InChI=1S/C46H65FN2O7/c1-8-9-10-13-34-16-18-35(19-17-34)36-20-21-40(41(47)26-36)39-24-37(14-11-22-48)42(38(25-39)15-12-23-49)53-27-46(28-54-43(50)31(2)3,29-55-44(51)32(4)5)30-56-45(52)33(6)7/h20-21,24-26,34-35H,2,4,6,8-19,22-23,27-30,48-49H2,1,3,5,7H3. The predicted molar refractivity (Wildman–Crippen MR) is 221 cm³/mol. The van der Waals surface area contributed by atoms with E-state index in [0.717, 1.165) is 35.4 Å². The summed E-state index contributed by atoms with van der Waals surface area (Å²) in [6.07, 6.45) is 12.0. The van der Waals surface area contributed by atoms with Crippen molar-refractivity contribution in [1.29, 1.82) is 0 Å². The topological polar surface area (TPSA) is 140 Å². The third kappa shape index (κ3) is 14.0. The van der Waals surface area contributed by atoms with Gasteiger partial charge in [0.2, 0.25) is 0 Å². The van der Waals surface area contributed by atoms with Gasteiger partial charge in [-0.1, -0.05) is 64.5 Å². The summed E-state index contributed by atoms with van der Waals surface area (Å²) in [5.41, 5.74) is 14.9. The van der Waals surface area contributed by atoms with Crippen molar-refractivity contribution in [1.82, 2.24) is 0 Å². The number of benzene rings is 2. The van der Waals surface area contributed by atoms with Crippen molar-refractivity contribution in [2.45, 2.75) is 111 Å². The highest BCUT2D eigenvalue weighted by molar-refractivity contribution is 5.88. The molecule has 308 valence electrons. The molecule has 1 fully saturated rings. The lowest BCUT2D eigenvalue weighted by molar-refractivity contribution is -0.159. The molecular weight excluding hydrogens is 712 g/mol. The summed E-state index contributed by atoms with van der Waals surface area (Å²) in [6.45, 7) is 17.4. The lowest BCUT2D eigenvalue weighted by Gasteiger charge is -2.33. The Labute approximate surface area is 334 Å². The summed E-state index contributed by atoms with van der Waals surface area (Å²) < 4.78 is 39.5. The highest BCUT2D eigenvalue weighted by atomic mass is 19.1. The summed E-state index contributed by atoms with van der Waals surface area (Å²) in [5.74, 6) is -0.624. The van der Waals surface area contributed by atoms with E-state index in [1.165, 1.54) is 59.3 Å². The molecule has 3 rings (SSSR count). The molecule has 1 saturated carbocycles. The SMILES string of the molecule is C=C(C)C(=O)OCC(COC(=O)C(=C)C)(COC(=O)C(=C)C)COc1c(CCCN)cc(-c2ccc(C3CCC(CCCCC)CC3)cc2F)cc1CCCN. The molecule has 56 heavy (non-hydrogen) atoms. The molecule has 1 aliphatic rings. The van der Waals surface area contributed by atoms with Crippen LogP contribution in [0.2, 0.25) is 0 Å². The van der Waals surface area contributed by atoms with Gasteiger partial charge in [0.1, 0.15) is 43.4 Å². The molecule has 0 bridgehead atoms. The van der Waals surface area contributed by atoms with Gasteiger partial charge in [-0.2, -0.15) is 0 Å². The zero-order chi connectivity index (χ0) is 41.3. The molecule has 0 spiro atoms. The molecule has 0 amide bonds. The van der Waals surface area contributed by atoms with Gasteiger partial charge in [0.25, 0.3) is 0 Å². The van der Waals surface area contributed by atoms with Crippen molar-refractivity contribution in [2.24, 2.45) is 22.8 Å². The van der Waals surface area contributed by atoms with E-state index >= 15 is 4.39 Å². The summed E-state index contributed by atoms with van der Waals surface area (Å²) in [4.78, 5) is 37.8. The number of hydrogen-bond acceptors (Lipinski definition) is 9. The number of ether oxygens (including phenoxy) is 4. The van der Waals surface area contributed by atoms with Crippen LogP contribution < -0.4 is 16.2 Å². The van der Waals surface area contributed by atoms with E-state index in [2.05, 4.69) is 32.7 Å². The van der Waals surface area contributed by atoms with Gasteiger partial charge in [-0.3, -0.25) is 0 Å². The first-order valence-corrected chi connectivity index (χ1v) is 20.2. The van der Waals surface area contributed by atoms with Crippen LogP contribution in [0.1, 0.15) is 115 Å². The predicted octanol–water partition coefficient (Wildman–Crippen LogP) is 8.85. The average molecular weight is 777 g/mol. The van der Waals surface area contributed by atoms with Crippen LogP contribution in [0.3, 0.4) is 0 Å². The van der Waals surface area contributed by atoms with Gasteiger partial charge in [0, 0.05) is 22.3 Å². The van der Waals surface area contributed by atoms with Crippen LogP contribution in [0, 0.1) is 17.2 Å². The number of aryl methyl sites for hydroxylation is 2. The van der Waals surface area contributed by atoms with Crippen LogP contribution in [0.25, 0.3) is 11.1 Å². The van der Waals surface area contributed by atoms with E-state index in [4.69, 9.17) is 30.4 Å². The minimum atomic E-state index is -1.35. The van der Waals surface area contributed by atoms with Crippen LogP contribution in [-0.4, -0.2) is 57.4 Å². The number of carbonyl (C=O) groups is 3. The molecule has 0 aliphatic heterocycles. The lowest BCUT2D eigenvalue weighted by Crippen LogP contribution is -2.44. The third-order valence-electron chi connectivity index (χ3n) is 10.5. The second kappa shape index (κ2) is 23.1. The van der Waals surface area contributed by atoms with Crippen molar-refractivity contribution in [3.05, 3.63) is 89.3 Å². The van der Waals surface area contributed by atoms with Crippen LogP contribution in [-0.2, 0) is 41.4 Å². The number of carbonyl (C=O) groups excluding carboxylic acids is 3. The molecule has 2 aromatic rings. The summed E-state index contributed by atoms with van der Waals surface area (Å²) in [6, 6.07) is 9.53. The first-order valence-electron chi connectivity index (χ1n) is 20.2. The first-order chi connectivity index (χ1) is 26.7. The van der Waals surface area contributed by atoms with Crippen molar-refractivity contribution in [2.75, 3.05) is 39.5 Å². The molecule has 0 saturated heterocycles. The van der Waals surface area contributed by atoms with Gasteiger partial charge >= 0.3 is 17.9 Å². The lowest BCUT2D eigenvalue weighted by atomic mass is 9.77. The van der Waals surface area contributed by atoms with Crippen molar-refractivity contribution < 1.29 is 37.7 Å². The maximum absolute atomic E-state index is 16.2. The van der Waals surface area contributed by atoms with Crippen LogP contribution >= 0.6 is 0 Å². The Morgan fingerprint density at radius 3 is 1.66 bits per heavy atom. The summed E-state index contributed by atoms with van der Waals surface area (Å²) >= 11 is 0. The highest BCUT2D eigenvalue weighted by Gasteiger charge is 2.38. The van der Waals surface area contributed by atoms with Gasteiger partial charge in [0.05, 0.1) is 0 Å². The quantitative estimate of drug-likeness (QED) is 0.0463. The van der Waals surface area contributed by atoms with E-state index in [1.54, 1.807) is 6.07 Å². The Hall–Kier alpha value is -4.28. The van der Waals surface area contributed by atoms with Crippen LogP contribution in [0.15, 0.2) is 66.8 Å². The molecule has 0 heterocycles. The second-order valence-electron chi connectivity index (χ2n) is 15.7. The number of halogens is 1. The normalized spacial score (nSPS) is 15.5. The molecular formula is C46H65FN2O7. The van der Waals surface area contributed by atoms with Crippen molar-refractivity contribution >= 4 is 17.9 Å². The molecule has 0 atom stereocenters. The van der Waals surface area contributed by atoms with Crippen molar-refractivity contribution in [3.63, 3.8) is 0 Å². The van der Waals surface area contributed by atoms with E-state index in [9.17, 15) is 14.4 Å². The largest absolute Gasteiger partial charge is 0.492 e. The third-order valence-corrected chi connectivity index (χ3v) is 10.5. The summed E-state index contributed by atoms with van der Waals surface area (Å²) in [5, 5.41) is 0. The van der Waals surface area contributed by atoms with E-state index < -0.39 is 23.3 Å². The molecule has 2 aromatic carbocycles. The van der Waals surface area contributed by atoms with E-state index in [1.807, 2.05) is 18.2 Å². The number of nitrogens with two attached hydrogens (primary N) is 2. The van der Waals surface area contributed by atoms with Crippen molar-refractivity contribution in [3.8, 4) is 16.9 Å². The number of esters is 3. The number of hydrogen-bond donors (Lipinski definition) is 2. The molecule has 10 heteroatoms. The molecule has 1 aliphatic carbocycles. The maximum atomic E-state index is 16.2. The van der Waals surface area contributed by atoms with Crippen LogP contribution in [0.5, 0.6) is 5.75 Å². The first kappa shape index (κ1) is 46.1. The molecule has 9 nitrogen and oxygen atoms in total. The zero-order valence-corrected chi connectivity index (χ0v) is 34.3. The Morgan fingerprint density at radius 2 is 1.23 bits per heavy atom. The monoisotopic (exact) mass is 776 g/mol. The fourth-order valence-corrected chi connectivity index (χ4v) is 7.04. The van der Waals surface area contributed by atoms with Gasteiger partial charge in [0.15, 0.2) is 0 Å². The maximum Gasteiger partial charge on any atom is 0.333 e. The highest BCUT2D eigenvalue weighted by Crippen LogP contribution is 2.40. The minimum Gasteiger partial charge on any atom is -0.492 e. The number of rotatable bonds is 24. The Kier molecular flexibility index (Phi) is 19.0. The van der Waals surface area contributed by atoms with Gasteiger partial charge in [-0.05, 0) is 138 Å². The number of unbranched alkanes of at least 4 members (excludes halogenated alkanes) is 2.